The molecule has 26 heavy (non-hydrogen) atoms. The first kappa shape index (κ1) is 17.5. The Hall–Kier alpha value is -1.88. The minimum Gasteiger partial charge on any atom is -0.323 e. The Morgan fingerprint density at radius 1 is 1.04 bits per heavy atom. The Bertz CT molecular complexity index is 652. The lowest BCUT2D eigenvalue weighted by atomic mass is 9.74. The van der Waals surface area contributed by atoms with Gasteiger partial charge in [-0.1, -0.05) is 36.8 Å². The van der Waals surface area contributed by atoms with Gasteiger partial charge in [0.15, 0.2) is 0 Å². The number of amides is 3. The SMILES string of the molecule is O=C1NC(CCc2ccccc2)(C2CCNCC2)C(=O)N1CC1CCC1. The predicted molar refractivity (Wildman–Crippen MR) is 101 cm³/mol. The Morgan fingerprint density at radius 2 is 1.77 bits per heavy atom. The molecular formula is C21H29N3O2. The van der Waals surface area contributed by atoms with Crippen molar-refractivity contribution in [2.24, 2.45) is 11.8 Å². The smallest absolute Gasteiger partial charge is 0.323 e. The molecule has 0 spiro atoms. The van der Waals surface area contributed by atoms with Gasteiger partial charge in [-0.3, -0.25) is 9.69 Å². The summed E-state index contributed by atoms with van der Waals surface area (Å²) in [6.45, 7) is 2.44. The van der Waals surface area contributed by atoms with E-state index in [-0.39, 0.29) is 17.9 Å². The molecule has 1 saturated carbocycles. The van der Waals surface area contributed by atoms with Gasteiger partial charge >= 0.3 is 6.03 Å². The molecule has 1 aromatic carbocycles. The zero-order valence-corrected chi connectivity index (χ0v) is 15.4. The molecule has 3 amide bonds. The maximum atomic E-state index is 13.5. The summed E-state index contributed by atoms with van der Waals surface area (Å²) in [6, 6.07) is 10.1. The van der Waals surface area contributed by atoms with E-state index >= 15 is 0 Å². The second-order valence-electron chi connectivity index (χ2n) is 8.12. The third-order valence-electron chi connectivity index (χ3n) is 6.55. The first-order chi connectivity index (χ1) is 12.7. The summed E-state index contributed by atoms with van der Waals surface area (Å²) >= 11 is 0. The summed E-state index contributed by atoms with van der Waals surface area (Å²) in [5, 5.41) is 6.55. The zero-order chi connectivity index (χ0) is 18.0. The summed E-state index contributed by atoms with van der Waals surface area (Å²) in [5.74, 6) is 0.746. The van der Waals surface area contributed by atoms with Crippen LogP contribution in [0.5, 0.6) is 0 Å². The fourth-order valence-electron chi connectivity index (χ4n) is 4.70. The highest BCUT2D eigenvalue weighted by molar-refractivity contribution is 6.07. The van der Waals surface area contributed by atoms with Crippen LogP contribution in [0.4, 0.5) is 4.79 Å². The summed E-state index contributed by atoms with van der Waals surface area (Å²) < 4.78 is 0. The quantitative estimate of drug-likeness (QED) is 0.772. The Labute approximate surface area is 155 Å². The van der Waals surface area contributed by atoms with Gasteiger partial charge < -0.3 is 10.6 Å². The molecule has 2 heterocycles. The van der Waals surface area contributed by atoms with Gasteiger partial charge in [-0.25, -0.2) is 4.79 Å². The molecule has 0 radical (unpaired) electrons. The molecule has 2 aliphatic heterocycles. The van der Waals surface area contributed by atoms with Gasteiger partial charge in [0, 0.05) is 6.54 Å². The number of imide groups is 1. The van der Waals surface area contributed by atoms with E-state index in [9.17, 15) is 9.59 Å². The van der Waals surface area contributed by atoms with Crippen LogP contribution in [0, 0.1) is 11.8 Å². The van der Waals surface area contributed by atoms with Crippen molar-refractivity contribution in [2.45, 2.75) is 50.5 Å². The number of carbonyl (C=O) groups excluding carboxylic acids is 2. The van der Waals surface area contributed by atoms with Crippen LogP contribution in [0.3, 0.4) is 0 Å². The molecule has 0 aromatic heterocycles. The highest BCUT2D eigenvalue weighted by atomic mass is 16.2. The van der Waals surface area contributed by atoms with Crippen molar-refractivity contribution in [1.29, 1.82) is 0 Å². The Balaban J connectivity index is 1.55. The van der Waals surface area contributed by atoms with Gasteiger partial charge in [0.1, 0.15) is 5.54 Å². The van der Waals surface area contributed by atoms with Gasteiger partial charge in [0.25, 0.3) is 5.91 Å². The molecule has 0 bridgehead atoms. The normalized spacial score (nSPS) is 27.5. The van der Waals surface area contributed by atoms with Gasteiger partial charge in [0.05, 0.1) is 0 Å². The number of hydrogen-bond acceptors (Lipinski definition) is 3. The molecule has 1 atom stereocenters. The van der Waals surface area contributed by atoms with Gasteiger partial charge in [-0.15, -0.1) is 0 Å². The fourth-order valence-corrected chi connectivity index (χ4v) is 4.70. The van der Waals surface area contributed by atoms with E-state index in [1.54, 1.807) is 0 Å². The average Bonchev–Trinajstić information content (AvgIpc) is 2.89. The van der Waals surface area contributed by atoms with Crippen molar-refractivity contribution in [3.05, 3.63) is 35.9 Å². The number of aryl methyl sites for hydroxylation is 1. The molecule has 3 aliphatic rings. The van der Waals surface area contributed by atoms with E-state index in [2.05, 4.69) is 22.8 Å². The lowest BCUT2D eigenvalue weighted by Gasteiger charge is -2.38. The molecule has 4 rings (SSSR count). The van der Waals surface area contributed by atoms with Crippen molar-refractivity contribution in [2.75, 3.05) is 19.6 Å². The fraction of sp³-hybridized carbons (Fsp3) is 0.619. The standard InChI is InChI=1S/C21H29N3O2/c25-19-21(18-10-13-22-14-11-18,12-9-16-5-2-1-3-6-16)23-20(26)24(19)15-17-7-4-8-17/h1-3,5-6,17-18,22H,4,7-15H2,(H,23,26). The maximum Gasteiger partial charge on any atom is 0.325 e. The highest BCUT2D eigenvalue weighted by Crippen LogP contribution is 2.37. The lowest BCUT2D eigenvalue weighted by molar-refractivity contribution is -0.134. The zero-order valence-electron chi connectivity index (χ0n) is 15.4. The van der Waals surface area contributed by atoms with Crippen LogP contribution < -0.4 is 10.6 Å². The Kier molecular flexibility index (Phi) is 4.98. The van der Waals surface area contributed by atoms with Crippen LogP contribution in [-0.4, -0.2) is 42.0 Å². The molecule has 1 aromatic rings. The monoisotopic (exact) mass is 355 g/mol. The molecule has 1 aliphatic carbocycles. The predicted octanol–water partition coefficient (Wildman–Crippen LogP) is 2.71. The Morgan fingerprint density at radius 3 is 2.42 bits per heavy atom. The number of rotatable bonds is 6. The van der Waals surface area contributed by atoms with E-state index in [0.717, 1.165) is 45.2 Å². The van der Waals surface area contributed by atoms with Crippen molar-refractivity contribution >= 4 is 11.9 Å². The third-order valence-corrected chi connectivity index (χ3v) is 6.55. The number of nitrogens with zero attached hydrogens (tertiary/aromatic N) is 1. The van der Waals surface area contributed by atoms with E-state index < -0.39 is 5.54 Å². The largest absolute Gasteiger partial charge is 0.325 e. The van der Waals surface area contributed by atoms with Gasteiger partial charge in [-0.2, -0.15) is 0 Å². The maximum absolute atomic E-state index is 13.5. The van der Waals surface area contributed by atoms with Crippen LogP contribution in [0.15, 0.2) is 30.3 Å². The third kappa shape index (κ3) is 3.25. The minimum atomic E-state index is -0.723. The van der Waals surface area contributed by atoms with E-state index in [4.69, 9.17) is 0 Å². The van der Waals surface area contributed by atoms with Crippen LogP contribution in [0.1, 0.15) is 44.1 Å². The summed E-state index contributed by atoms with van der Waals surface area (Å²) in [5.41, 5.74) is 0.499. The van der Waals surface area contributed by atoms with Crippen LogP contribution in [0.25, 0.3) is 0 Å². The second kappa shape index (κ2) is 7.39. The number of carbonyl (C=O) groups is 2. The van der Waals surface area contributed by atoms with E-state index in [0.29, 0.717) is 18.9 Å². The molecule has 5 nitrogen and oxygen atoms in total. The topological polar surface area (TPSA) is 61.4 Å². The minimum absolute atomic E-state index is 0.0252. The molecule has 5 heteroatoms. The average molecular weight is 355 g/mol. The second-order valence-corrected chi connectivity index (χ2v) is 8.12. The molecule has 140 valence electrons. The molecule has 3 fully saturated rings. The molecule has 2 N–H and O–H groups in total. The molecule has 2 saturated heterocycles. The number of nitrogens with one attached hydrogen (secondary N) is 2. The lowest BCUT2D eigenvalue weighted by Crippen LogP contribution is -2.56. The summed E-state index contributed by atoms with van der Waals surface area (Å²) in [7, 11) is 0. The molecule has 1 unspecified atom stereocenters. The first-order valence-corrected chi connectivity index (χ1v) is 10.1. The van der Waals surface area contributed by atoms with Crippen molar-refractivity contribution in [3.63, 3.8) is 0 Å². The number of urea groups is 1. The van der Waals surface area contributed by atoms with Gasteiger partial charge in [-0.05, 0) is 69.0 Å². The number of piperidine rings is 1. The number of hydrogen-bond donors (Lipinski definition) is 2. The van der Waals surface area contributed by atoms with Crippen molar-refractivity contribution in [3.8, 4) is 0 Å². The summed E-state index contributed by atoms with van der Waals surface area (Å²) in [6.07, 6.45) is 6.89. The van der Waals surface area contributed by atoms with Crippen LogP contribution in [0.2, 0.25) is 0 Å². The highest BCUT2D eigenvalue weighted by Gasteiger charge is 2.55. The number of benzene rings is 1. The van der Waals surface area contributed by atoms with Crippen LogP contribution in [-0.2, 0) is 11.2 Å². The van der Waals surface area contributed by atoms with Gasteiger partial charge in [0.2, 0.25) is 0 Å². The van der Waals surface area contributed by atoms with E-state index in [1.807, 2.05) is 18.2 Å². The molecular weight excluding hydrogens is 326 g/mol. The summed E-state index contributed by atoms with van der Waals surface area (Å²) in [4.78, 5) is 27.7. The van der Waals surface area contributed by atoms with Crippen molar-refractivity contribution in [1.82, 2.24) is 15.5 Å². The van der Waals surface area contributed by atoms with E-state index in [1.165, 1.54) is 16.9 Å². The first-order valence-electron chi connectivity index (χ1n) is 10.1. The van der Waals surface area contributed by atoms with Crippen molar-refractivity contribution < 1.29 is 9.59 Å². The van der Waals surface area contributed by atoms with Crippen LogP contribution >= 0.6 is 0 Å².